The minimum atomic E-state index is -0.996. The Kier molecular flexibility index (Phi) is 29.7. The fourth-order valence-corrected chi connectivity index (χ4v) is 24.6. The molecule has 0 saturated carbocycles. The molecule has 24 heteroatoms. The van der Waals surface area contributed by atoms with Crippen LogP contribution in [0.25, 0.3) is 22.3 Å². The largest absolute Gasteiger partial charge is 0.481 e. The van der Waals surface area contributed by atoms with Gasteiger partial charge < -0.3 is 14.6 Å². The first-order chi connectivity index (χ1) is 50.5. The number of hydrogen-bond donors (Lipinski definition) is 1. The van der Waals surface area contributed by atoms with Crippen LogP contribution in [0.5, 0.6) is 0 Å². The molecule has 12 aromatic rings. The van der Waals surface area contributed by atoms with Crippen LogP contribution in [-0.4, -0.2) is 54.0 Å². The number of hydrogen-bond acceptors (Lipinski definition) is 23. The van der Waals surface area contributed by atoms with Gasteiger partial charge in [-0.1, -0.05) is 44.5 Å². The number of carboxylic acids is 1. The summed E-state index contributed by atoms with van der Waals surface area (Å²) in [7, 11) is 0. The predicted molar refractivity (Wildman–Crippen MR) is 437 cm³/mol. The molecule has 12 aromatic heterocycles. The molecule has 0 radical (unpaired) electrons. The van der Waals surface area contributed by atoms with Gasteiger partial charge in [0.05, 0.1) is 24.4 Å². The molecular weight excluding hydrogens is 1550 g/mol. The van der Waals surface area contributed by atoms with Gasteiger partial charge in [0.15, 0.2) is 17.7 Å². The Morgan fingerprint density at radius 1 is 0.476 bits per heavy atom. The van der Waals surface area contributed by atoms with E-state index < -0.39 is 18.0 Å². The summed E-state index contributed by atoms with van der Waals surface area (Å²) in [5, 5.41) is 18.0. The number of rotatable bonds is 16. The van der Waals surface area contributed by atoms with Crippen molar-refractivity contribution in [3.8, 4) is 0 Å². The molecule has 0 aliphatic heterocycles. The number of ether oxygens (including phenoxy) is 2. The number of Topliss-reactive ketones (excluding diaryl/α,β-unsaturated/α-hetero) is 2. The second kappa shape index (κ2) is 38.3. The highest BCUT2D eigenvalue weighted by Crippen LogP contribution is 2.63. The Labute approximate surface area is 659 Å². The number of thiophene rings is 12. The molecule has 12 nitrogen and oxygen atoms in total. The summed E-state index contributed by atoms with van der Waals surface area (Å²) in [6.45, 7) is 25.6. The third-order valence-corrected chi connectivity index (χ3v) is 29.2. The Morgan fingerprint density at radius 2 is 0.886 bits per heavy atom. The molecule has 6 atom stereocenters. The van der Waals surface area contributed by atoms with Gasteiger partial charge in [-0.05, 0) is 201 Å². The third kappa shape index (κ3) is 19.2. The van der Waals surface area contributed by atoms with E-state index in [9.17, 15) is 29.1 Å². The molecule has 4 aliphatic rings. The van der Waals surface area contributed by atoms with Crippen molar-refractivity contribution in [3.63, 3.8) is 0 Å². The fraction of sp³-hybridized carbons (Fsp3) is 0.272. The molecule has 0 spiro atoms. The van der Waals surface area contributed by atoms with Gasteiger partial charge >= 0.3 is 24.2 Å². The van der Waals surface area contributed by atoms with E-state index in [0.717, 1.165) is 56.6 Å². The highest BCUT2D eigenvalue weighted by Gasteiger charge is 2.53. The van der Waals surface area contributed by atoms with Crippen molar-refractivity contribution in [1.29, 1.82) is 0 Å². The molecule has 105 heavy (non-hydrogen) atoms. The van der Waals surface area contributed by atoms with Crippen LogP contribution >= 0.6 is 136 Å². The van der Waals surface area contributed by atoms with Gasteiger partial charge in [-0.3, -0.25) is 24.0 Å². The maximum absolute atomic E-state index is 12.5. The quantitative estimate of drug-likeness (QED) is 0.0712. The van der Waals surface area contributed by atoms with Crippen LogP contribution in [0.15, 0.2) is 143 Å². The second-order valence-corrected chi connectivity index (χ2v) is 38.8. The van der Waals surface area contributed by atoms with Crippen molar-refractivity contribution in [2.24, 2.45) is 0 Å². The van der Waals surface area contributed by atoms with Crippen LogP contribution in [0.2, 0.25) is 0 Å². The van der Waals surface area contributed by atoms with Crippen molar-refractivity contribution in [2.45, 2.75) is 138 Å². The van der Waals surface area contributed by atoms with Crippen LogP contribution in [-0.2, 0) is 49.5 Å². The van der Waals surface area contributed by atoms with Gasteiger partial charge in [-0.2, -0.15) is 30.5 Å². The molecule has 544 valence electrons. The van der Waals surface area contributed by atoms with Crippen LogP contribution in [0.1, 0.15) is 199 Å². The van der Waals surface area contributed by atoms with Crippen LogP contribution in [0, 0.1) is 62.3 Å². The first-order valence-corrected chi connectivity index (χ1v) is 43.4. The number of carboxylic acid groups (broad SMARTS) is 1. The summed E-state index contributed by atoms with van der Waals surface area (Å²) in [6.07, 6.45) is 3.15. The van der Waals surface area contributed by atoms with Crippen molar-refractivity contribution in [3.05, 3.63) is 263 Å². The molecule has 0 fully saturated rings. The number of fused-ring (bicyclic) bond motifs is 10. The second-order valence-electron chi connectivity index (χ2n) is 24.3. The number of ketones is 2. The van der Waals surface area contributed by atoms with E-state index >= 15 is 0 Å². The molecule has 4 aliphatic carbocycles. The van der Waals surface area contributed by atoms with Crippen molar-refractivity contribution < 1.29 is 57.7 Å². The highest BCUT2D eigenvalue weighted by molar-refractivity contribution is 7.18. The van der Waals surface area contributed by atoms with Crippen molar-refractivity contribution in [2.75, 3.05) is 6.61 Å². The molecular formula is C81H76O12S12. The summed E-state index contributed by atoms with van der Waals surface area (Å²) in [5.74, 6) is -2.10. The standard InChI is InChI=1S/C22H14S4.C17H22O2S2.C14H14O4S2.C14H10O2S2.C8H12S.C4H4S.2CO2/c1-11-9-13-17-18(19(21(13)25-11)15-5-3-7-23-15)14-10-12(2)26-22(14)20(17)16-6-4-8-24-16;1-5-13(14-9-7-11(3)20-14)16(17(18)19-6-2)15-10-8-12(4)21-15;1-8-3-5-10(19-8)12(14(16)17)13(18-7-15)11-6-4-9(2)20-11;1-5-3-7-11(15)10-9(13(7)17-5)12(16)8-4-6(2)18-14(8)10;1-3-4-8-6-5-7(2)9-8;1-2-4-5-3-1;2*2-1-3/h3-10H,1-2H3;7-10,13,16H,5-6H2,1-4H3;3-7,12-13H,1-2H3,(H,16,17);3-4,9-10H,1-2H3;5-6H,3-4H2,1-2H3;1-4H;;. The Hall–Kier alpha value is -7.61. The van der Waals surface area contributed by atoms with Gasteiger partial charge in [-0.15, -0.1) is 125 Å². The predicted octanol–water partition coefficient (Wildman–Crippen LogP) is 23.8. The average Bonchev–Trinajstić information content (AvgIpc) is 1.54. The normalized spacial score (nSPS) is 14.7. The molecule has 0 bridgehead atoms. The van der Waals surface area contributed by atoms with Gasteiger partial charge in [0.1, 0.15) is 5.92 Å². The Bertz CT molecular complexity index is 4870. The van der Waals surface area contributed by atoms with E-state index in [1.165, 1.54) is 123 Å². The maximum Gasteiger partial charge on any atom is 0.373 e. The SMILES string of the molecule is CCCc1ccc(C)s1.CCOC(=O)C(c1ccc(C)s1)C(CC)c1ccc(C)s1.Cc1cc2c(s1)C(c1cccs1)=C1C2=C(c2cccs2)c2sc(C)cc21.Cc1cc2c(s1)C1C(=O)c3cc(C)sc3C1C2=O.Cc1ccc(C(OC=O)C(C(=O)O)c2ccc(C)s2)s1.O=C=O.O=C=O.c1ccsc1. The van der Waals surface area contributed by atoms with Crippen molar-refractivity contribution in [1.82, 2.24) is 0 Å². The van der Waals surface area contributed by atoms with E-state index in [2.05, 4.69) is 132 Å². The Morgan fingerprint density at radius 3 is 1.24 bits per heavy atom. The lowest BCUT2D eigenvalue weighted by molar-refractivity contribution is -0.193. The van der Waals surface area contributed by atoms with Crippen molar-refractivity contribution >= 4 is 201 Å². The zero-order chi connectivity index (χ0) is 75.8. The molecule has 0 saturated heterocycles. The topological polar surface area (TPSA) is 192 Å². The minimum absolute atomic E-state index is 0.0998. The Balaban J connectivity index is 0.000000150. The van der Waals surface area contributed by atoms with E-state index in [1.54, 1.807) is 62.8 Å². The lowest BCUT2D eigenvalue weighted by Crippen LogP contribution is -2.21. The zero-order valence-corrected chi connectivity index (χ0v) is 69.4. The average molecular weight is 1630 g/mol. The monoisotopic (exact) mass is 1620 g/mol. The highest BCUT2D eigenvalue weighted by atomic mass is 32.1. The number of aliphatic carboxylic acids is 1. The summed E-state index contributed by atoms with van der Waals surface area (Å²) >= 11 is 20.8. The molecule has 0 amide bonds. The molecule has 6 unspecified atom stereocenters. The van der Waals surface area contributed by atoms with Gasteiger partial charge in [0.2, 0.25) is 0 Å². The summed E-state index contributed by atoms with van der Waals surface area (Å²) < 4.78 is 10.4. The maximum atomic E-state index is 12.5. The van der Waals surface area contributed by atoms with E-state index in [1.807, 2.05) is 145 Å². The lowest BCUT2D eigenvalue weighted by Gasteiger charge is -2.23. The third-order valence-electron chi connectivity index (χ3n) is 16.9. The molecule has 0 aromatic carbocycles. The number of esters is 1. The van der Waals surface area contributed by atoms with Gasteiger partial charge in [0, 0.05) is 148 Å². The van der Waals surface area contributed by atoms with Crippen LogP contribution in [0.3, 0.4) is 0 Å². The minimum Gasteiger partial charge on any atom is -0.481 e. The van der Waals surface area contributed by atoms with Crippen LogP contribution in [0.4, 0.5) is 0 Å². The number of aryl methyl sites for hydroxylation is 10. The molecule has 16 rings (SSSR count). The molecule has 12 heterocycles. The van der Waals surface area contributed by atoms with Gasteiger partial charge in [-0.25, -0.2) is 0 Å². The molecule has 1 N–H and O–H groups in total. The van der Waals surface area contributed by atoms with E-state index in [0.29, 0.717) is 18.0 Å². The summed E-state index contributed by atoms with van der Waals surface area (Å²) in [5.41, 5.74) is 10.3. The summed E-state index contributed by atoms with van der Waals surface area (Å²) in [6, 6.07) is 41.8. The number of allylic oxidation sites excluding steroid dienone is 2. The number of carbonyl (C=O) groups is 5. The smallest absolute Gasteiger partial charge is 0.373 e. The van der Waals surface area contributed by atoms with E-state index in [4.69, 9.17) is 28.7 Å². The van der Waals surface area contributed by atoms with E-state index in [-0.39, 0.29) is 53.5 Å². The first kappa shape index (κ1) is 81.5. The van der Waals surface area contributed by atoms with Crippen LogP contribution < -0.4 is 0 Å². The number of carbonyl (C=O) groups excluding carboxylic acids is 8. The lowest BCUT2D eigenvalue weighted by atomic mass is 9.87. The first-order valence-electron chi connectivity index (χ1n) is 33.4. The fourth-order valence-electron chi connectivity index (χ4n) is 12.9. The van der Waals surface area contributed by atoms with Gasteiger partial charge in [0.25, 0.3) is 6.47 Å². The summed E-state index contributed by atoms with van der Waals surface area (Å²) in [4.78, 5) is 116. The zero-order valence-electron chi connectivity index (χ0n) is 59.6.